The Bertz CT molecular complexity index is 1480. The number of sulfone groups is 2. The van der Waals surface area contributed by atoms with E-state index in [9.17, 15) is 16.8 Å². The Kier molecular flexibility index (Phi) is 8.42. The number of piperidine rings is 1. The summed E-state index contributed by atoms with van der Waals surface area (Å²) >= 11 is 0. The van der Waals surface area contributed by atoms with Crippen molar-refractivity contribution < 1.29 is 26.1 Å². The summed E-state index contributed by atoms with van der Waals surface area (Å²) < 4.78 is 64.8. The molecule has 2 aromatic rings. The lowest BCUT2D eigenvalue weighted by molar-refractivity contribution is -0.187. The van der Waals surface area contributed by atoms with Crippen LogP contribution in [0.2, 0.25) is 18.1 Å². The molecule has 2 bridgehead atoms. The average molecular weight is 634 g/mol. The highest BCUT2D eigenvalue weighted by Gasteiger charge is 2.75. The summed E-state index contributed by atoms with van der Waals surface area (Å²) in [6, 6.07) is 16.4. The monoisotopic (exact) mass is 633 g/mol. The van der Waals surface area contributed by atoms with E-state index < -0.39 is 43.7 Å². The summed E-state index contributed by atoms with van der Waals surface area (Å²) in [7, 11) is -10.4. The Morgan fingerprint density at radius 1 is 0.976 bits per heavy atom. The highest BCUT2D eigenvalue weighted by Crippen LogP contribution is 2.61. The zero-order valence-electron chi connectivity index (χ0n) is 25.9. The van der Waals surface area contributed by atoms with Crippen molar-refractivity contribution in [1.82, 2.24) is 5.06 Å². The number of hydrogen-bond acceptors (Lipinski definition) is 7. The van der Waals surface area contributed by atoms with Crippen molar-refractivity contribution in [3.63, 3.8) is 0 Å². The SMILES string of the molecule is CCCC[C@@H]1[C@@H](O[Si](C)(C)C(C)(C)C)CCC[C@@]12C[C@@]1(S(=O)(=O)c3ccccc3)ON2C[C@H]1S(=O)(=O)c1ccccc1. The van der Waals surface area contributed by atoms with Gasteiger partial charge in [-0.25, -0.2) is 16.8 Å². The quantitative estimate of drug-likeness (QED) is 0.282. The van der Waals surface area contributed by atoms with Gasteiger partial charge in [0.1, 0.15) is 5.25 Å². The number of nitrogens with zero attached hydrogens (tertiary/aromatic N) is 1. The van der Waals surface area contributed by atoms with Crippen molar-refractivity contribution in [3.05, 3.63) is 60.7 Å². The molecular formula is C32H47NO6S2Si. The van der Waals surface area contributed by atoms with Crippen molar-refractivity contribution in [2.45, 2.75) is 122 Å². The maximum Gasteiger partial charge on any atom is 0.214 e. The number of benzene rings is 2. The fourth-order valence-electron chi connectivity index (χ4n) is 7.18. The van der Waals surface area contributed by atoms with Crippen LogP contribution in [0.5, 0.6) is 0 Å². The molecule has 5 rings (SSSR count). The molecule has 2 aromatic carbocycles. The predicted octanol–water partition coefficient (Wildman–Crippen LogP) is 6.77. The van der Waals surface area contributed by atoms with E-state index in [1.54, 1.807) is 65.7 Å². The van der Waals surface area contributed by atoms with E-state index >= 15 is 0 Å². The van der Waals surface area contributed by atoms with Gasteiger partial charge in [0.25, 0.3) is 0 Å². The van der Waals surface area contributed by atoms with Gasteiger partial charge >= 0.3 is 0 Å². The van der Waals surface area contributed by atoms with Gasteiger partial charge in [-0.3, -0.25) is 4.84 Å². The molecule has 0 amide bonds. The molecule has 0 radical (unpaired) electrons. The third-order valence-corrected chi connectivity index (χ3v) is 19.6. The van der Waals surface area contributed by atoms with Crippen LogP contribution in [0.25, 0.3) is 0 Å². The zero-order valence-corrected chi connectivity index (χ0v) is 28.5. The lowest BCUT2D eigenvalue weighted by atomic mass is 9.65. The number of hydrogen-bond donors (Lipinski definition) is 0. The first-order chi connectivity index (χ1) is 19.6. The first kappa shape index (κ1) is 31.8. The highest BCUT2D eigenvalue weighted by atomic mass is 32.2. The number of fused-ring (bicyclic) bond motifs is 3. The molecule has 6 atom stereocenters. The summed E-state index contributed by atoms with van der Waals surface area (Å²) in [5, 5.41) is 0.572. The lowest BCUT2D eigenvalue weighted by Crippen LogP contribution is -2.63. The molecule has 0 aromatic heterocycles. The smallest absolute Gasteiger partial charge is 0.214 e. The molecule has 1 unspecified atom stereocenters. The molecular weight excluding hydrogens is 587 g/mol. The van der Waals surface area contributed by atoms with Gasteiger partial charge in [-0.05, 0) is 68.1 Å². The summed E-state index contributed by atoms with van der Waals surface area (Å²) in [4.78, 5) is 4.86. The third-order valence-electron chi connectivity index (χ3n) is 10.4. The van der Waals surface area contributed by atoms with E-state index in [1.807, 2.05) is 0 Å². The van der Waals surface area contributed by atoms with Crippen LogP contribution in [0.1, 0.15) is 72.6 Å². The van der Waals surface area contributed by atoms with E-state index in [4.69, 9.17) is 9.26 Å². The predicted molar refractivity (Wildman–Crippen MR) is 168 cm³/mol. The Morgan fingerprint density at radius 3 is 2.14 bits per heavy atom. The number of rotatable bonds is 9. The van der Waals surface area contributed by atoms with E-state index in [2.05, 4.69) is 40.8 Å². The van der Waals surface area contributed by atoms with Crippen LogP contribution < -0.4 is 0 Å². The van der Waals surface area contributed by atoms with Crippen molar-refractivity contribution in [3.8, 4) is 0 Å². The molecule has 2 heterocycles. The average Bonchev–Trinajstić information content (AvgIpc) is 3.49. The largest absolute Gasteiger partial charge is 0.414 e. The lowest BCUT2D eigenvalue weighted by Gasteiger charge is -2.53. The Labute approximate surface area is 253 Å². The molecule has 2 saturated heterocycles. The van der Waals surface area contributed by atoms with Crippen molar-refractivity contribution in [1.29, 1.82) is 0 Å². The van der Waals surface area contributed by atoms with Gasteiger partial charge in [0, 0.05) is 25.0 Å². The molecule has 10 heteroatoms. The third kappa shape index (κ3) is 5.03. The minimum Gasteiger partial charge on any atom is -0.414 e. The van der Waals surface area contributed by atoms with E-state index in [1.165, 1.54) is 0 Å². The second-order valence-corrected chi connectivity index (χ2v) is 23.0. The summed E-state index contributed by atoms with van der Waals surface area (Å²) in [5.74, 6) is 0.0357. The molecule has 7 nitrogen and oxygen atoms in total. The van der Waals surface area contributed by atoms with Crippen LogP contribution in [-0.2, 0) is 28.9 Å². The van der Waals surface area contributed by atoms with Gasteiger partial charge in [0.05, 0.1) is 15.3 Å². The van der Waals surface area contributed by atoms with Crippen LogP contribution in [0, 0.1) is 5.92 Å². The van der Waals surface area contributed by atoms with Crippen LogP contribution in [0.15, 0.2) is 70.5 Å². The van der Waals surface area contributed by atoms with Gasteiger partial charge in [0.2, 0.25) is 14.8 Å². The van der Waals surface area contributed by atoms with Crippen LogP contribution in [0.4, 0.5) is 0 Å². The second-order valence-electron chi connectivity index (χ2n) is 14.0. The van der Waals surface area contributed by atoms with Gasteiger partial charge in [-0.2, -0.15) is 5.06 Å². The van der Waals surface area contributed by atoms with Crippen LogP contribution >= 0.6 is 0 Å². The zero-order chi connectivity index (χ0) is 30.6. The Morgan fingerprint density at radius 2 is 1.57 bits per heavy atom. The van der Waals surface area contributed by atoms with E-state index in [0.29, 0.717) is 0 Å². The minimum atomic E-state index is -4.22. The molecule has 0 N–H and O–H groups in total. The van der Waals surface area contributed by atoms with Crippen molar-refractivity contribution in [2.24, 2.45) is 5.92 Å². The Hall–Kier alpha value is -1.56. The fraction of sp³-hybridized carbons (Fsp3) is 0.625. The minimum absolute atomic E-state index is 0.0126. The van der Waals surface area contributed by atoms with E-state index in [-0.39, 0.29) is 39.8 Å². The van der Waals surface area contributed by atoms with Crippen molar-refractivity contribution >= 4 is 28.0 Å². The summed E-state index contributed by atoms with van der Waals surface area (Å²) in [6.45, 7) is 13.4. The summed E-state index contributed by atoms with van der Waals surface area (Å²) in [6.07, 6.45) is 5.51. The van der Waals surface area contributed by atoms with Crippen molar-refractivity contribution in [2.75, 3.05) is 6.54 Å². The maximum atomic E-state index is 14.7. The molecule has 3 aliphatic rings. The van der Waals surface area contributed by atoms with Gasteiger partial charge in [-0.15, -0.1) is 0 Å². The fourth-order valence-corrected chi connectivity index (χ4v) is 13.1. The van der Waals surface area contributed by atoms with E-state index in [0.717, 1.165) is 38.5 Å². The molecule has 3 fully saturated rings. The first-order valence-corrected chi connectivity index (χ1v) is 21.3. The molecule has 1 spiro atoms. The highest BCUT2D eigenvalue weighted by molar-refractivity contribution is 7.96. The summed E-state index contributed by atoms with van der Waals surface area (Å²) in [5.41, 5.74) is -0.620. The first-order valence-electron chi connectivity index (χ1n) is 15.4. The van der Waals surface area contributed by atoms with Gasteiger partial charge < -0.3 is 4.43 Å². The van der Waals surface area contributed by atoms with Crippen LogP contribution in [-0.4, -0.2) is 58.6 Å². The molecule has 42 heavy (non-hydrogen) atoms. The van der Waals surface area contributed by atoms with Gasteiger partial charge in [0.15, 0.2) is 18.2 Å². The topological polar surface area (TPSA) is 90.0 Å². The number of unbranched alkanes of at least 4 members (excludes halogenated alkanes) is 1. The molecule has 1 aliphatic carbocycles. The second kappa shape index (κ2) is 11.1. The Balaban J connectivity index is 1.63. The standard InChI is InChI=1S/C32H47NO6S2Si/c1-7-8-20-27-28(38-42(5,6)30(2,3)4)21-15-22-31(27)24-32(41(36,37)26-18-13-10-14-19-26)29(23-33(31)39-32)40(34,35)25-16-11-9-12-17-25/h9-14,16-19,27-29H,7-8,15,20-24H2,1-6H3/t27-,28+,29-,31-,32+/m1/s1. The number of hydroxylamine groups is 2. The van der Waals surface area contributed by atoms with Gasteiger partial charge in [-0.1, -0.05) is 76.9 Å². The molecule has 2 aliphatic heterocycles. The molecule has 232 valence electrons. The molecule has 1 saturated carbocycles. The maximum absolute atomic E-state index is 14.7. The van der Waals surface area contributed by atoms with Crippen LogP contribution in [0.3, 0.4) is 0 Å². The normalized spacial score (nSPS) is 32.0.